The minimum atomic E-state index is 0.212. The summed E-state index contributed by atoms with van der Waals surface area (Å²) in [6, 6.07) is 14.6. The van der Waals surface area contributed by atoms with Crippen LogP contribution in [0.25, 0.3) is 0 Å². The van der Waals surface area contributed by atoms with E-state index in [2.05, 4.69) is 35.7 Å². The molecular weight excluding hydrogens is 294 g/mol. The van der Waals surface area contributed by atoms with E-state index in [0.29, 0.717) is 11.8 Å². The Balaban J connectivity index is 1.84. The SMILES string of the molecule is COc1ccccc1C1Nc2c(Cl)cccc2C2C=CCC21. The van der Waals surface area contributed by atoms with Gasteiger partial charge in [-0.05, 0) is 30.0 Å². The van der Waals surface area contributed by atoms with Crippen LogP contribution in [0.4, 0.5) is 5.69 Å². The number of methoxy groups -OCH3 is 1. The predicted molar refractivity (Wildman–Crippen MR) is 90.8 cm³/mol. The fourth-order valence-electron chi connectivity index (χ4n) is 3.81. The van der Waals surface area contributed by atoms with Gasteiger partial charge in [-0.15, -0.1) is 0 Å². The van der Waals surface area contributed by atoms with Crippen LogP contribution in [0.2, 0.25) is 5.02 Å². The van der Waals surface area contributed by atoms with Crippen LogP contribution in [0, 0.1) is 5.92 Å². The molecule has 22 heavy (non-hydrogen) atoms. The highest BCUT2D eigenvalue weighted by Gasteiger charge is 2.39. The number of allylic oxidation sites excluding steroid dienone is 2. The van der Waals surface area contributed by atoms with Gasteiger partial charge in [0.05, 0.1) is 23.9 Å². The van der Waals surface area contributed by atoms with Crippen LogP contribution in [-0.2, 0) is 0 Å². The van der Waals surface area contributed by atoms with Gasteiger partial charge in [-0.2, -0.15) is 0 Å². The molecule has 1 aliphatic heterocycles. The molecule has 0 amide bonds. The van der Waals surface area contributed by atoms with Gasteiger partial charge in [0.2, 0.25) is 0 Å². The van der Waals surface area contributed by atoms with E-state index in [1.807, 2.05) is 24.3 Å². The highest BCUT2D eigenvalue weighted by molar-refractivity contribution is 6.33. The Morgan fingerprint density at radius 3 is 2.77 bits per heavy atom. The molecule has 2 nitrogen and oxygen atoms in total. The van der Waals surface area contributed by atoms with Gasteiger partial charge in [0, 0.05) is 11.5 Å². The fraction of sp³-hybridized carbons (Fsp3) is 0.263. The zero-order valence-corrected chi connectivity index (χ0v) is 13.2. The minimum Gasteiger partial charge on any atom is -0.496 e. The fourth-order valence-corrected chi connectivity index (χ4v) is 4.05. The topological polar surface area (TPSA) is 21.3 Å². The van der Waals surface area contributed by atoms with Gasteiger partial charge in [0.25, 0.3) is 0 Å². The molecule has 0 spiro atoms. The summed E-state index contributed by atoms with van der Waals surface area (Å²) < 4.78 is 5.57. The Kier molecular flexibility index (Phi) is 3.34. The van der Waals surface area contributed by atoms with E-state index in [9.17, 15) is 0 Å². The molecule has 1 heterocycles. The first-order valence-electron chi connectivity index (χ1n) is 7.64. The third kappa shape index (κ3) is 2.02. The van der Waals surface area contributed by atoms with E-state index in [-0.39, 0.29) is 6.04 Å². The van der Waals surface area contributed by atoms with E-state index in [1.165, 1.54) is 11.1 Å². The van der Waals surface area contributed by atoms with Crippen molar-refractivity contribution in [2.45, 2.75) is 18.4 Å². The molecule has 2 aliphatic rings. The summed E-state index contributed by atoms with van der Waals surface area (Å²) >= 11 is 6.44. The Morgan fingerprint density at radius 1 is 1.09 bits per heavy atom. The minimum absolute atomic E-state index is 0.212. The smallest absolute Gasteiger partial charge is 0.124 e. The molecule has 0 aromatic heterocycles. The van der Waals surface area contributed by atoms with E-state index in [4.69, 9.17) is 16.3 Å². The Bertz CT molecular complexity index is 740. The Morgan fingerprint density at radius 2 is 1.91 bits per heavy atom. The molecule has 1 aliphatic carbocycles. The summed E-state index contributed by atoms with van der Waals surface area (Å²) in [5, 5.41) is 4.46. The van der Waals surface area contributed by atoms with E-state index in [1.54, 1.807) is 7.11 Å². The van der Waals surface area contributed by atoms with E-state index < -0.39 is 0 Å². The molecule has 0 saturated carbocycles. The second-order valence-corrected chi connectivity index (χ2v) is 6.33. The number of benzene rings is 2. The molecule has 4 rings (SSSR count). The number of hydrogen-bond acceptors (Lipinski definition) is 2. The van der Waals surface area contributed by atoms with Gasteiger partial charge >= 0.3 is 0 Å². The van der Waals surface area contributed by atoms with Crippen molar-refractivity contribution in [3.05, 3.63) is 70.8 Å². The summed E-state index contributed by atoms with van der Waals surface area (Å²) in [4.78, 5) is 0. The van der Waals surface area contributed by atoms with Gasteiger partial charge in [0.1, 0.15) is 5.75 Å². The van der Waals surface area contributed by atoms with Crippen LogP contribution in [0.3, 0.4) is 0 Å². The van der Waals surface area contributed by atoms with Crippen molar-refractivity contribution < 1.29 is 4.74 Å². The Labute approximate surface area is 135 Å². The summed E-state index contributed by atoms with van der Waals surface area (Å²) in [6.45, 7) is 0. The van der Waals surface area contributed by atoms with Crippen molar-refractivity contribution in [1.82, 2.24) is 0 Å². The van der Waals surface area contributed by atoms with Gasteiger partial charge in [-0.1, -0.05) is 54.1 Å². The standard InChI is InChI=1S/C19H18ClNO/c1-22-17-11-3-2-6-15(17)18-13-8-4-7-12(13)14-9-5-10-16(20)19(14)21-18/h2-7,9-13,18,21H,8H2,1H3. The molecule has 3 atom stereocenters. The maximum Gasteiger partial charge on any atom is 0.124 e. The lowest BCUT2D eigenvalue weighted by atomic mass is 9.77. The highest BCUT2D eigenvalue weighted by atomic mass is 35.5. The van der Waals surface area contributed by atoms with Crippen molar-refractivity contribution in [3.63, 3.8) is 0 Å². The number of fused-ring (bicyclic) bond motifs is 3. The lowest BCUT2D eigenvalue weighted by Gasteiger charge is -2.38. The van der Waals surface area contributed by atoms with E-state index >= 15 is 0 Å². The molecule has 0 radical (unpaired) electrons. The number of rotatable bonds is 2. The molecule has 0 saturated heterocycles. The number of halogens is 1. The van der Waals surface area contributed by atoms with E-state index in [0.717, 1.165) is 22.9 Å². The molecule has 1 N–H and O–H groups in total. The average molecular weight is 312 g/mol. The molecule has 2 aromatic carbocycles. The summed E-state index contributed by atoms with van der Waals surface area (Å²) in [5.41, 5.74) is 3.57. The maximum absolute atomic E-state index is 6.44. The van der Waals surface area contributed by atoms with Crippen LogP contribution in [0.15, 0.2) is 54.6 Å². The van der Waals surface area contributed by atoms with Crippen molar-refractivity contribution in [2.24, 2.45) is 5.92 Å². The van der Waals surface area contributed by atoms with Crippen LogP contribution in [0.1, 0.15) is 29.5 Å². The lowest BCUT2D eigenvalue weighted by molar-refractivity contribution is 0.381. The molecule has 112 valence electrons. The lowest BCUT2D eigenvalue weighted by Crippen LogP contribution is -2.29. The molecule has 0 bridgehead atoms. The summed E-state index contributed by atoms with van der Waals surface area (Å²) in [6.07, 6.45) is 5.69. The van der Waals surface area contributed by atoms with Crippen LogP contribution in [0.5, 0.6) is 5.75 Å². The number of anilines is 1. The summed E-state index contributed by atoms with van der Waals surface area (Å²) in [5.74, 6) is 1.85. The zero-order valence-electron chi connectivity index (χ0n) is 12.4. The van der Waals surface area contributed by atoms with Crippen molar-refractivity contribution in [3.8, 4) is 5.75 Å². The normalized spacial score (nSPS) is 25.3. The number of nitrogens with one attached hydrogen (secondary N) is 1. The molecule has 3 heteroatoms. The quantitative estimate of drug-likeness (QED) is 0.772. The first-order valence-corrected chi connectivity index (χ1v) is 8.02. The molecule has 0 fully saturated rings. The van der Waals surface area contributed by atoms with Gasteiger partial charge in [-0.3, -0.25) is 0 Å². The number of para-hydroxylation sites is 2. The molecule has 2 aromatic rings. The predicted octanol–water partition coefficient (Wildman–Crippen LogP) is 5.18. The van der Waals surface area contributed by atoms with Gasteiger partial charge in [-0.25, -0.2) is 0 Å². The molecular formula is C19H18ClNO. The second kappa shape index (κ2) is 5.36. The van der Waals surface area contributed by atoms with Crippen molar-refractivity contribution in [1.29, 1.82) is 0 Å². The largest absolute Gasteiger partial charge is 0.496 e. The second-order valence-electron chi connectivity index (χ2n) is 5.92. The van der Waals surface area contributed by atoms with Gasteiger partial charge in [0.15, 0.2) is 0 Å². The number of ether oxygens (including phenoxy) is 1. The highest BCUT2D eigenvalue weighted by Crippen LogP contribution is 2.52. The van der Waals surface area contributed by atoms with Crippen LogP contribution in [-0.4, -0.2) is 7.11 Å². The van der Waals surface area contributed by atoms with Crippen molar-refractivity contribution >= 4 is 17.3 Å². The first-order chi connectivity index (χ1) is 10.8. The van der Waals surface area contributed by atoms with Gasteiger partial charge < -0.3 is 10.1 Å². The zero-order chi connectivity index (χ0) is 15.1. The third-order valence-electron chi connectivity index (χ3n) is 4.82. The maximum atomic E-state index is 6.44. The van der Waals surface area contributed by atoms with Crippen molar-refractivity contribution in [2.75, 3.05) is 12.4 Å². The average Bonchev–Trinajstić information content (AvgIpc) is 3.04. The third-order valence-corrected chi connectivity index (χ3v) is 5.13. The monoisotopic (exact) mass is 311 g/mol. The van der Waals surface area contributed by atoms with Crippen LogP contribution >= 0.6 is 11.6 Å². The number of hydrogen-bond donors (Lipinski definition) is 1. The first kappa shape index (κ1) is 13.7. The molecule has 3 unspecified atom stereocenters. The van der Waals surface area contributed by atoms with Crippen LogP contribution < -0.4 is 10.1 Å². The Hall–Kier alpha value is -1.93. The summed E-state index contributed by atoms with van der Waals surface area (Å²) in [7, 11) is 1.73.